The van der Waals surface area contributed by atoms with Crippen LogP contribution in [0.4, 0.5) is 13.2 Å². The van der Waals surface area contributed by atoms with Crippen molar-refractivity contribution >= 4 is 16.4 Å². The predicted octanol–water partition coefficient (Wildman–Crippen LogP) is 4.40. The number of hydrogen-bond acceptors (Lipinski definition) is 6. The Morgan fingerprint density at radius 1 is 1.23 bits per heavy atom. The Balaban J connectivity index is 2.13. The van der Waals surface area contributed by atoms with Crippen molar-refractivity contribution in [2.75, 3.05) is 7.11 Å². The molecule has 2 aromatic rings. The van der Waals surface area contributed by atoms with E-state index < -0.39 is 43.7 Å². The minimum absolute atomic E-state index is 0.0445. The van der Waals surface area contributed by atoms with E-state index in [-0.39, 0.29) is 17.1 Å². The lowest BCUT2D eigenvalue weighted by atomic mass is 10.1. The number of halogens is 3. The number of carbonyl (C=O) groups is 1. The molecule has 0 fully saturated rings. The molecule has 0 atom stereocenters. The minimum atomic E-state index is -4.69. The van der Waals surface area contributed by atoms with E-state index in [0.29, 0.717) is 0 Å². The number of ketones is 1. The zero-order valence-electron chi connectivity index (χ0n) is 13.0. The summed E-state index contributed by atoms with van der Waals surface area (Å²) in [6.45, 7) is 0. The highest BCUT2D eigenvalue weighted by Gasteiger charge is 2.61. The highest BCUT2D eigenvalue weighted by atomic mass is 32.3. The van der Waals surface area contributed by atoms with Gasteiger partial charge in [0.2, 0.25) is 0 Å². The average Bonchev–Trinajstić information content (AvgIpc) is 2.72. The summed E-state index contributed by atoms with van der Waals surface area (Å²) < 4.78 is 71.2. The molecule has 3 rings (SSSR count). The summed E-state index contributed by atoms with van der Waals surface area (Å²) in [6.07, 6.45) is 0. The standard InChI is InChI=1S/C16H10F3NO5S/c1-24-14-11(25-10-5-8(7-20)4-9(17)6-10)2-3-12-13(14)15(21)16(18,19)26(12,22)23/h2-6,22-23H,1H3. The first-order valence-electron chi connectivity index (χ1n) is 6.93. The van der Waals surface area contributed by atoms with Crippen molar-refractivity contribution in [3.63, 3.8) is 0 Å². The first kappa shape index (κ1) is 18.1. The molecule has 0 amide bonds. The van der Waals surface area contributed by atoms with E-state index in [0.717, 1.165) is 31.4 Å². The summed E-state index contributed by atoms with van der Waals surface area (Å²) in [5.74, 6) is -3.40. The smallest absolute Gasteiger partial charge is 0.405 e. The van der Waals surface area contributed by atoms with Crippen LogP contribution in [0.5, 0.6) is 17.2 Å². The van der Waals surface area contributed by atoms with Crippen LogP contribution in [0, 0.1) is 17.1 Å². The molecule has 1 aliphatic heterocycles. The summed E-state index contributed by atoms with van der Waals surface area (Å²) in [7, 11) is -3.62. The SMILES string of the molecule is COc1c(Oc2cc(F)cc(C#N)c2)ccc2c1C(=O)C(F)(F)S2(O)O. The number of fused-ring (bicyclic) bond motifs is 1. The van der Waals surface area contributed by atoms with E-state index in [1.165, 1.54) is 6.07 Å². The highest BCUT2D eigenvalue weighted by molar-refractivity contribution is 8.26. The fraction of sp³-hybridized carbons (Fsp3) is 0.125. The topological polar surface area (TPSA) is 99.8 Å². The van der Waals surface area contributed by atoms with Crippen LogP contribution in [0.3, 0.4) is 0 Å². The second-order valence-corrected chi connectivity index (χ2v) is 7.30. The Morgan fingerprint density at radius 3 is 2.54 bits per heavy atom. The van der Waals surface area contributed by atoms with Crippen LogP contribution in [-0.2, 0) is 0 Å². The lowest BCUT2D eigenvalue weighted by Gasteiger charge is -2.32. The summed E-state index contributed by atoms with van der Waals surface area (Å²) in [6, 6.07) is 6.82. The van der Waals surface area contributed by atoms with E-state index in [4.69, 9.17) is 14.7 Å². The third-order valence-electron chi connectivity index (χ3n) is 3.67. The van der Waals surface area contributed by atoms with Crippen LogP contribution < -0.4 is 9.47 Å². The molecule has 6 nitrogen and oxygen atoms in total. The van der Waals surface area contributed by atoms with Crippen molar-refractivity contribution in [3.8, 4) is 23.3 Å². The van der Waals surface area contributed by atoms with Gasteiger partial charge < -0.3 is 9.47 Å². The number of nitriles is 1. The van der Waals surface area contributed by atoms with Gasteiger partial charge >= 0.3 is 5.25 Å². The van der Waals surface area contributed by atoms with E-state index >= 15 is 0 Å². The molecule has 0 saturated carbocycles. The highest BCUT2D eigenvalue weighted by Crippen LogP contribution is 2.69. The molecule has 1 heterocycles. The Kier molecular flexibility index (Phi) is 4.11. The second kappa shape index (κ2) is 5.91. The Hall–Kier alpha value is -2.74. The van der Waals surface area contributed by atoms with E-state index in [9.17, 15) is 27.1 Å². The van der Waals surface area contributed by atoms with Gasteiger partial charge in [0.1, 0.15) is 11.6 Å². The fourth-order valence-corrected chi connectivity index (χ4v) is 3.87. The minimum Gasteiger partial charge on any atom is -0.492 e. The number of carbonyl (C=O) groups excluding carboxylic acids is 1. The van der Waals surface area contributed by atoms with Crippen molar-refractivity contribution in [1.29, 1.82) is 5.26 Å². The van der Waals surface area contributed by atoms with Gasteiger partial charge in [-0.2, -0.15) is 14.0 Å². The molecule has 2 aromatic carbocycles. The molecule has 0 radical (unpaired) electrons. The number of methoxy groups -OCH3 is 1. The third-order valence-corrected chi connectivity index (χ3v) is 5.53. The van der Waals surface area contributed by atoms with Gasteiger partial charge in [-0.25, -0.2) is 4.39 Å². The van der Waals surface area contributed by atoms with Crippen LogP contribution in [0.1, 0.15) is 15.9 Å². The van der Waals surface area contributed by atoms with E-state index in [1.54, 1.807) is 6.07 Å². The Morgan fingerprint density at radius 2 is 1.92 bits per heavy atom. The number of rotatable bonds is 3. The molecule has 1 aliphatic rings. The molecule has 0 unspecified atom stereocenters. The quantitative estimate of drug-likeness (QED) is 0.813. The van der Waals surface area contributed by atoms with E-state index in [2.05, 4.69) is 0 Å². The molecule has 0 saturated heterocycles. The molecular formula is C16H10F3NO5S. The van der Waals surface area contributed by atoms with Gasteiger partial charge in [0, 0.05) is 6.07 Å². The summed E-state index contributed by atoms with van der Waals surface area (Å²) in [5, 5.41) is 4.46. The number of nitrogens with zero attached hydrogens (tertiary/aromatic N) is 1. The Labute approximate surface area is 146 Å². The third kappa shape index (κ3) is 2.48. The lowest BCUT2D eigenvalue weighted by Crippen LogP contribution is -2.27. The summed E-state index contributed by atoms with van der Waals surface area (Å²) >= 11 is 0. The maximum atomic E-state index is 13.9. The zero-order valence-corrected chi connectivity index (χ0v) is 13.8. The molecule has 0 aliphatic carbocycles. The average molecular weight is 385 g/mol. The van der Waals surface area contributed by atoms with Crippen molar-refractivity contribution in [2.24, 2.45) is 0 Å². The van der Waals surface area contributed by atoms with Crippen molar-refractivity contribution < 1.29 is 36.5 Å². The van der Waals surface area contributed by atoms with Gasteiger partial charge in [-0.3, -0.25) is 13.9 Å². The van der Waals surface area contributed by atoms with Crippen LogP contribution in [0.25, 0.3) is 0 Å². The molecule has 136 valence electrons. The molecule has 0 aromatic heterocycles. The predicted molar refractivity (Wildman–Crippen MR) is 84.6 cm³/mol. The molecule has 2 N–H and O–H groups in total. The number of ether oxygens (including phenoxy) is 2. The second-order valence-electron chi connectivity index (χ2n) is 5.25. The van der Waals surface area contributed by atoms with Gasteiger partial charge in [-0.05, 0) is 24.3 Å². The zero-order chi connectivity index (χ0) is 19.3. The van der Waals surface area contributed by atoms with Crippen LogP contribution in [0.15, 0.2) is 35.2 Å². The number of alkyl halides is 2. The maximum Gasteiger partial charge on any atom is 0.405 e. The van der Waals surface area contributed by atoms with Crippen LogP contribution in [0.2, 0.25) is 0 Å². The first-order valence-corrected chi connectivity index (χ1v) is 8.48. The van der Waals surface area contributed by atoms with Gasteiger partial charge in [0.15, 0.2) is 11.5 Å². The summed E-state index contributed by atoms with van der Waals surface area (Å²) in [4.78, 5) is 11.3. The van der Waals surface area contributed by atoms with Crippen LogP contribution >= 0.6 is 10.6 Å². The van der Waals surface area contributed by atoms with Gasteiger partial charge in [0.05, 0.1) is 29.2 Å². The van der Waals surface area contributed by atoms with Gasteiger partial charge in [-0.1, -0.05) is 10.6 Å². The normalized spacial score (nSPS) is 18.0. The fourth-order valence-electron chi connectivity index (χ4n) is 2.51. The van der Waals surface area contributed by atoms with Crippen molar-refractivity contribution in [2.45, 2.75) is 10.2 Å². The first-order chi connectivity index (χ1) is 12.1. The van der Waals surface area contributed by atoms with Gasteiger partial charge in [-0.15, -0.1) is 0 Å². The lowest BCUT2D eigenvalue weighted by molar-refractivity contribution is 0.0510. The van der Waals surface area contributed by atoms with E-state index in [1.807, 2.05) is 0 Å². The number of Topliss-reactive ketones (excluding diaryl/α,β-unsaturated/α-hetero) is 1. The number of benzene rings is 2. The molecule has 0 bridgehead atoms. The molecule has 26 heavy (non-hydrogen) atoms. The monoisotopic (exact) mass is 385 g/mol. The van der Waals surface area contributed by atoms with Gasteiger partial charge in [0.25, 0.3) is 5.78 Å². The maximum absolute atomic E-state index is 13.9. The Bertz CT molecular complexity index is 971. The van der Waals surface area contributed by atoms with Crippen molar-refractivity contribution in [3.05, 3.63) is 47.3 Å². The largest absolute Gasteiger partial charge is 0.492 e. The number of hydrogen-bond donors (Lipinski definition) is 2. The summed E-state index contributed by atoms with van der Waals surface area (Å²) in [5.41, 5.74) is -0.760. The van der Waals surface area contributed by atoms with Crippen LogP contribution in [-0.4, -0.2) is 27.3 Å². The molecular weight excluding hydrogens is 375 g/mol. The molecule has 10 heteroatoms. The van der Waals surface area contributed by atoms with Crippen molar-refractivity contribution in [1.82, 2.24) is 0 Å². The molecule has 0 spiro atoms.